The monoisotopic (exact) mass is 929 g/mol. The summed E-state index contributed by atoms with van der Waals surface area (Å²) in [5, 5.41) is 0. The van der Waals surface area contributed by atoms with Crippen LogP contribution in [0.3, 0.4) is 0 Å². The summed E-state index contributed by atoms with van der Waals surface area (Å²) in [5.41, 5.74) is 0. The summed E-state index contributed by atoms with van der Waals surface area (Å²) in [6, 6.07) is 0. The van der Waals surface area contributed by atoms with Gasteiger partial charge in [0.1, 0.15) is 13.2 Å². The Morgan fingerprint density at radius 3 is 0.788 bits per heavy atom. The fourth-order valence-corrected chi connectivity index (χ4v) is 8.73. The first-order chi connectivity index (χ1) is 32.5. The molecule has 0 bridgehead atoms. The fourth-order valence-electron chi connectivity index (χ4n) is 8.73. The van der Waals surface area contributed by atoms with Gasteiger partial charge in [0.2, 0.25) is 0 Å². The van der Waals surface area contributed by atoms with Crippen molar-refractivity contribution in [2.24, 2.45) is 0 Å². The van der Waals surface area contributed by atoms with Crippen LogP contribution in [0.25, 0.3) is 0 Å². The molecule has 0 saturated carbocycles. The van der Waals surface area contributed by atoms with Gasteiger partial charge in [0.05, 0.1) is 0 Å². The van der Waals surface area contributed by atoms with Gasteiger partial charge in [-0.25, -0.2) is 0 Å². The van der Waals surface area contributed by atoms with Crippen LogP contribution in [0.2, 0.25) is 0 Å². The second-order valence-corrected chi connectivity index (χ2v) is 19.9. The van der Waals surface area contributed by atoms with Crippen molar-refractivity contribution in [2.45, 2.75) is 329 Å². The molecular weight excluding hydrogens is 817 g/mol. The number of unbranched alkanes of at least 4 members (excludes halogenated alkanes) is 39. The van der Waals surface area contributed by atoms with Crippen molar-refractivity contribution >= 4 is 17.9 Å². The van der Waals surface area contributed by atoms with E-state index in [1.165, 1.54) is 212 Å². The molecule has 0 aliphatic heterocycles. The van der Waals surface area contributed by atoms with Crippen LogP contribution in [-0.2, 0) is 28.6 Å². The topological polar surface area (TPSA) is 78.9 Å². The number of rotatable bonds is 54. The van der Waals surface area contributed by atoms with E-state index in [1.54, 1.807) is 0 Å². The van der Waals surface area contributed by atoms with Crippen LogP contribution in [0.1, 0.15) is 323 Å². The zero-order chi connectivity index (χ0) is 47.9. The van der Waals surface area contributed by atoms with E-state index in [0.717, 1.165) is 70.6 Å². The number of allylic oxidation sites excluding steroid dienone is 4. The van der Waals surface area contributed by atoms with Gasteiger partial charge >= 0.3 is 17.9 Å². The summed E-state index contributed by atoms with van der Waals surface area (Å²) in [6.07, 6.45) is 64.6. The highest BCUT2D eigenvalue weighted by molar-refractivity contribution is 5.71. The van der Waals surface area contributed by atoms with Crippen LogP contribution in [0.4, 0.5) is 0 Å². The van der Waals surface area contributed by atoms with E-state index >= 15 is 0 Å². The molecule has 0 radical (unpaired) electrons. The number of esters is 3. The minimum atomic E-state index is -0.775. The van der Waals surface area contributed by atoms with E-state index in [1.807, 2.05) is 0 Å². The second kappa shape index (κ2) is 55.5. The first kappa shape index (κ1) is 63.9. The Bertz CT molecular complexity index is 1070. The summed E-state index contributed by atoms with van der Waals surface area (Å²) in [7, 11) is 0. The number of ether oxygens (including phenoxy) is 3. The third-order valence-corrected chi connectivity index (χ3v) is 13.2. The van der Waals surface area contributed by atoms with E-state index < -0.39 is 6.10 Å². The Morgan fingerprint density at radius 2 is 0.500 bits per heavy atom. The fraction of sp³-hybridized carbons (Fsp3) is 0.883. The molecular formula is C60H112O6. The lowest BCUT2D eigenvalue weighted by Gasteiger charge is -2.18. The van der Waals surface area contributed by atoms with Gasteiger partial charge in [-0.2, -0.15) is 0 Å². The minimum Gasteiger partial charge on any atom is -0.462 e. The first-order valence-electron chi connectivity index (χ1n) is 29.3. The SMILES string of the molecule is CCCCC/C=C\CCCCCCCC(=O)OCC(COC(=O)CCCCCCCCCCCCCCCCCCCCCCCC)OC(=O)CCCCCCC/C=C\CCCCCCC. The average Bonchev–Trinajstić information content (AvgIpc) is 3.31. The number of hydrogen-bond acceptors (Lipinski definition) is 6. The molecule has 0 rings (SSSR count). The lowest BCUT2D eigenvalue weighted by Crippen LogP contribution is -2.30. The first-order valence-corrected chi connectivity index (χ1v) is 29.3. The van der Waals surface area contributed by atoms with Crippen molar-refractivity contribution in [3.8, 4) is 0 Å². The van der Waals surface area contributed by atoms with Gasteiger partial charge in [0, 0.05) is 19.3 Å². The molecule has 0 aliphatic rings. The molecule has 6 heteroatoms. The molecule has 66 heavy (non-hydrogen) atoms. The highest BCUT2D eigenvalue weighted by atomic mass is 16.6. The van der Waals surface area contributed by atoms with E-state index in [-0.39, 0.29) is 31.1 Å². The molecule has 0 saturated heterocycles. The largest absolute Gasteiger partial charge is 0.462 e. The van der Waals surface area contributed by atoms with Gasteiger partial charge in [0.15, 0.2) is 6.10 Å². The van der Waals surface area contributed by atoms with Gasteiger partial charge in [-0.3, -0.25) is 14.4 Å². The van der Waals surface area contributed by atoms with Crippen molar-refractivity contribution in [3.63, 3.8) is 0 Å². The number of carbonyl (C=O) groups excluding carboxylic acids is 3. The lowest BCUT2D eigenvalue weighted by atomic mass is 10.0. The van der Waals surface area contributed by atoms with E-state index in [0.29, 0.717) is 19.3 Å². The Morgan fingerprint density at radius 1 is 0.288 bits per heavy atom. The number of carbonyl (C=O) groups is 3. The van der Waals surface area contributed by atoms with Crippen molar-refractivity contribution in [1.82, 2.24) is 0 Å². The predicted molar refractivity (Wildman–Crippen MR) is 284 cm³/mol. The predicted octanol–water partition coefficient (Wildman–Crippen LogP) is 19.5. The molecule has 0 fully saturated rings. The normalized spacial score (nSPS) is 12.1. The molecule has 0 aromatic rings. The Balaban J connectivity index is 4.24. The smallest absolute Gasteiger partial charge is 0.306 e. The highest BCUT2D eigenvalue weighted by Gasteiger charge is 2.19. The quantitative estimate of drug-likeness (QED) is 0.0262. The molecule has 0 aromatic carbocycles. The molecule has 0 aromatic heterocycles. The maximum atomic E-state index is 12.8. The van der Waals surface area contributed by atoms with Gasteiger partial charge in [-0.1, -0.05) is 257 Å². The summed E-state index contributed by atoms with van der Waals surface area (Å²) in [5.74, 6) is -0.872. The van der Waals surface area contributed by atoms with Crippen molar-refractivity contribution in [2.75, 3.05) is 13.2 Å². The summed E-state index contributed by atoms with van der Waals surface area (Å²) < 4.78 is 16.8. The minimum absolute atomic E-state index is 0.0729. The lowest BCUT2D eigenvalue weighted by molar-refractivity contribution is -0.167. The van der Waals surface area contributed by atoms with E-state index in [2.05, 4.69) is 45.1 Å². The van der Waals surface area contributed by atoms with Crippen LogP contribution in [0.15, 0.2) is 24.3 Å². The third-order valence-electron chi connectivity index (χ3n) is 13.2. The molecule has 0 spiro atoms. The maximum Gasteiger partial charge on any atom is 0.306 e. The van der Waals surface area contributed by atoms with Crippen LogP contribution >= 0.6 is 0 Å². The van der Waals surface area contributed by atoms with Crippen molar-refractivity contribution < 1.29 is 28.6 Å². The van der Waals surface area contributed by atoms with E-state index in [9.17, 15) is 14.4 Å². The van der Waals surface area contributed by atoms with Crippen LogP contribution in [0.5, 0.6) is 0 Å². The van der Waals surface area contributed by atoms with Crippen LogP contribution in [0, 0.1) is 0 Å². The van der Waals surface area contributed by atoms with Crippen LogP contribution in [-0.4, -0.2) is 37.2 Å². The molecule has 388 valence electrons. The Labute approximate surface area is 411 Å². The molecule has 6 nitrogen and oxygen atoms in total. The molecule has 0 N–H and O–H groups in total. The molecule has 1 unspecified atom stereocenters. The van der Waals surface area contributed by atoms with Gasteiger partial charge < -0.3 is 14.2 Å². The van der Waals surface area contributed by atoms with Gasteiger partial charge in [-0.15, -0.1) is 0 Å². The summed E-state index contributed by atoms with van der Waals surface area (Å²) >= 11 is 0. The maximum absolute atomic E-state index is 12.8. The molecule has 1 atom stereocenters. The van der Waals surface area contributed by atoms with E-state index in [4.69, 9.17) is 14.2 Å². The van der Waals surface area contributed by atoms with Crippen LogP contribution < -0.4 is 0 Å². The highest BCUT2D eigenvalue weighted by Crippen LogP contribution is 2.17. The third kappa shape index (κ3) is 52.9. The standard InChI is InChI=1S/C60H112O6/c1-4-7-10-13-16-19-22-25-27-28-29-30-31-32-33-34-36-38-41-44-47-50-53-59(62)65-56-57(55-64-58(61)52-49-46-43-40-37-24-21-18-15-12-9-6-3)66-60(63)54-51-48-45-42-39-35-26-23-20-17-14-11-8-5-2/h18,21,23,26,57H,4-17,19-20,22,24-25,27-56H2,1-3H3/b21-18-,26-23-. The molecule has 0 aliphatic carbocycles. The van der Waals surface area contributed by atoms with Crippen molar-refractivity contribution in [1.29, 1.82) is 0 Å². The van der Waals surface area contributed by atoms with Gasteiger partial charge in [0.25, 0.3) is 0 Å². The Hall–Kier alpha value is -2.11. The molecule has 0 heterocycles. The average molecular weight is 930 g/mol. The zero-order valence-electron chi connectivity index (χ0n) is 44.5. The van der Waals surface area contributed by atoms with Crippen molar-refractivity contribution in [3.05, 3.63) is 24.3 Å². The number of hydrogen-bond donors (Lipinski definition) is 0. The summed E-state index contributed by atoms with van der Waals surface area (Å²) in [6.45, 7) is 6.64. The summed E-state index contributed by atoms with van der Waals surface area (Å²) in [4.78, 5) is 38.1. The Kier molecular flexibility index (Phi) is 53.7. The molecule has 0 amide bonds. The van der Waals surface area contributed by atoms with Gasteiger partial charge in [-0.05, 0) is 70.6 Å². The zero-order valence-corrected chi connectivity index (χ0v) is 44.5. The second-order valence-electron chi connectivity index (χ2n) is 19.9.